The van der Waals surface area contributed by atoms with E-state index in [1.54, 1.807) is 12.3 Å². The van der Waals surface area contributed by atoms with E-state index in [1.165, 1.54) is 0 Å². The second-order valence-electron chi connectivity index (χ2n) is 2.47. The van der Waals surface area contributed by atoms with Gasteiger partial charge in [-0.1, -0.05) is 23.7 Å². The molecule has 0 aliphatic rings. The zero-order valence-electron chi connectivity index (χ0n) is 6.16. The Morgan fingerprint density at radius 2 is 2.08 bits per heavy atom. The van der Waals surface area contributed by atoms with Crippen molar-refractivity contribution in [2.45, 2.75) is 0 Å². The van der Waals surface area contributed by atoms with Crippen LogP contribution in [0.2, 0.25) is 5.02 Å². The Bertz CT molecular complexity index is 428. The molecular formula is C9H6ClNO. The van der Waals surface area contributed by atoms with Gasteiger partial charge >= 0.3 is 0 Å². The third-order valence-corrected chi connectivity index (χ3v) is 2.00. The van der Waals surface area contributed by atoms with Crippen LogP contribution in [0.15, 0.2) is 30.5 Å². The topological polar surface area (TPSA) is 33.1 Å². The Hall–Kier alpha value is -1.28. The molecule has 12 heavy (non-hydrogen) atoms. The molecule has 1 aromatic heterocycles. The Labute approximate surface area is 74.4 Å². The average molecular weight is 180 g/mol. The average Bonchev–Trinajstić information content (AvgIpc) is 2.12. The molecule has 3 heteroatoms. The maximum atomic E-state index is 9.46. The number of rotatable bonds is 0. The summed E-state index contributed by atoms with van der Waals surface area (Å²) in [5, 5.41) is 10.7. The van der Waals surface area contributed by atoms with Gasteiger partial charge in [-0.25, -0.2) is 0 Å². The van der Waals surface area contributed by atoms with E-state index < -0.39 is 0 Å². The van der Waals surface area contributed by atoms with Crippen molar-refractivity contribution in [1.82, 2.24) is 4.98 Å². The van der Waals surface area contributed by atoms with Gasteiger partial charge in [-0.2, -0.15) is 0 Å². The molecule has 0 spiro atoms. The summed E-state index contributed by atoms with van der Waals surface area (Å²) in [6.07, 6.45) is 1.62. The minimum absolute atomic E-state index is 0.0507. The molecule has 60 valence electrons. The van der Waals surface area contributed by atoms with Crippen LogP contribution in [0.4, 0.5) is 0 Å². The maximum absolute atomic E-state index is 9.46. The van der Waals surface area contributed by atoms with Crippen LogP contribution in [0.5, 0.6) is 5.75 Å². The molecule has 0 unspecified atom stereocenters. The lowest BCUT2D eigenvalue weighted by atomic mass is 10.2. The van der Waals surface area contributed by atoms with E-state index in [2.05, 4.69) is 4.98 Å². The van der Waals surface area contributed by atoms with E-state index in [9.17, 15) is 5.11 Å². The van der Waals surface area contributed by atoms with Crippen LogP contribution in [-0.2, 0) is 0 Å². The molecule has 0 radical (unpaired) electrons. The van der Waals surface area contributed by atoms with E-state index in [-0.39, 0.29) is 5.75 Å². The number of nitrogens with zero attached hydrogens (tertiary/aromatic N) is 1. The number of fused-ring (bicyclic) bond motifs is 1. The van der Waals surface area contributed by atoms with Gasteiger partial charge in [-0.05, 0) is 12.1 Å². The molecule has 0 aliphatic carbocycles. The molecular weight excluding hydrogens is 174 g/mol. The first-order valence-corrected chi connectivity index (χ1v) is 3.89. The number of aromatic nitrogens is 1. The highest BCUT2D eigenvalue weighted by molar-refractivity contribution is 6.33. The van der Waals surface area contributed by atoms with Crippen LogP contribution in [-0.4, -0.2) is 10.1 Å². The first kappa shape index (κ1) is 7.37. The minimum Gasteiger partial charge on any atom is -0.504 e. The van der Waals surface area contributed by atoms with E-state index in [4.69, 9.17) is 11.6 Å². The van der Waals surface area contributed by atoms with Crippen LogP contribution in [0.1, 0.15) is 0 Å². The van der Waals surface area contributed by atoms with Crippen molar-refractivity contribution in [2.24, 2.45) is 0 Å². The fourth-order valence-electron chi connectivity index (χ4n) is 1.11. The zero-order chi connectivity index (χ0) is 8.55. The second kappa shape index (κ2) is 2.64. The minimum atomic E-state index is 0.0507. The summed E-state index contributed by atoms with van der Waals surface area (Å²) in [5.41, 5.74) is 0.546. The smallest absolute Gasteiger partial charge is 0.160 e. The quantitative estimate of drug-likeness (QED) is 0.675. The van der Waals surface area contributed by atoms with Crippen molar-refractivity contribution in [3.05, 3.63) is 35.5 Å². The van der Waals surface area contributed by atoms with Crippen LogP contribution < -0.4 is 0 Å². The molecule has 0 saturated carbocycles. The lowest BCUT2D eigenvalue weighted by Gasteiger charge is -2.00. The van der Waals surface area contributed by atoms with Gasteiger partial charge in [0.1, 0.15) is 5.52 Å². The maximum Gasteiger partial charge on any atom is 0.160 e. The number of phenols is 1. The van der Waals surface area contributed by atoms with Crippen LogP contribution in [0, 0.1) is 0 Å². The van der Waals surface area contributed by atoms with Crippen molar-refractivity contribution < 1.29 is 5.11 Å². The van der Waals surface area contributed by atoms with Gasteiger partial charge in [0.25, 0.3) is 0 Å². The molecule has 1 heterocycles. The molecule has 1 N–H and O–H groups in total. The Balaban J connectivity index is 2.91. The summed E-state index contributed by atoms with van der Waals surface area (Å²) in [7, 11) is 0. The molecule has 0 saturated heterocycles. The van der Waals surface area contributed by atoms with Crippen molar-refractivity contribution in [1.29, 1.82) is 0 Å². The van der Waals surface area contributed by atoms with Gasteiger partial charge in [-0.15, -0.1) is 0 Å². The van der Waals surface area contributed by atoms with Crippen molar-refractivity contribution in [3.63, 3.8) is 0 Å². The Morgan fingerprint density at radius 1 is 1.25 bits per heavy atom. The predicted molar refractivity (Wildman–Crippen MR) is 48.4 cm³/mol. The number of hydrogen-bond donors (Lipinski definition) is 1. The summed E-state index contributed by atoms with van der Waals surface area (Å²) < 4.78 is 0. The molecule has 2 aromatic rings. The first-order valence-electron chi connectivity index (χ1n) is 3.51. The molecule has 0 fully saturated rings. The molecule has 0 amide bonds. The number of phenolic OH excluding ortho intramolecular Hbond substituents is 1. The molecule has 2 rings (SSSR count). The monoisotopic (exact) mass is 179 g/mol. The number of hydrogen-bond acceptors (Lipinski definition) is 2. The molecule has 0 bridgehead atoms. The van der Waals surface area contributed by atoms with Crippen molar-refractivity contribution in [3.8, 4) is 5.75 Å². The molecule has 1 aromatic carbocycles. The highest BCUT2D eigenvalue weighted by Gasteiger charge is 2.03. The second-order valence-corrected chi connectivity index (χ2v) is 2.88. The highest BCUT2D eigenvalue weighted by atomic mass is 35.5. The highest BCUT2D eigenvalue weighted by Crippen LogP contribution is 2.29. The van der Waals surface area contributed by atoms with Crippen LogP contribution in [0.25, 0.3) is 10.9 Å². The van der Waals surface area contributed by atoms with Gasteiger partial charge < -0.3 is 5.11 Å². The number of halogens is 1. The number of benzene rings is 1. The fraction of sp³-hybridized carbons (Fsp3) is 0. The third-order valence-electron chi connectivity index (χ3n) is 1.70. The Morgan fingerprint density at radius 3 is 2.92 bits per heavy atom. The summed E-state index contributed by atoms with van der Waals surface area (Å²) in [4.78, 5) is 4.01. The van der Waals surface area contributed by atoms with Crippen LogP contribution >= 0.6 is 11.6 Å². The van der Waals surface area contributed by atoms with Crippen molar-refractivity contribution >= 4 is 22.5 Å². The van der Waals surface area contributed by atoms with E-state index in [0.717, 1.165) is 5.39 Å². The predicted octanol–water partition coefficient (Wildman–Crippen LogP) is 2.59. The van der Waals surface area contributed by atoms with E-state index in [1.807, 2.05) is 18.2 Å². The van der Waals surface area contributed by atoms with Gasteiger partial charge in [0.2, 0.25) is 0 Å². The summed E-state index contributed by atoms with van der Waals surface area (Å²) >= 11 is 5.70. The molecule has 0 atom stereocenters. The van der Waals surface area contributed by atoms with Crippen LogP contribution in [0.3, 0.4) is 0 Å². The zero-order valence-corrected chi connectivity index (χ0v) is 6.92. The summed E-state index contributed by atoms with van der Waals surface area (Å²) in [5.74, 6) is 0.0507. The SMILES string of the molecule is Oc1c(Cl)ccc2cccnc12. The van der Waals surface area contributed by atoms with Gasteiger partial charge in [0, 0.05) is 11.6 Å². The molecule has 0 aliphatic heterocycles. The Kier molecular flexibility index (Phi) is 1.62. The number of pyridine rings is 1. The number of aromatic hydroxyl groups is 1. The van der Waals surface area contributed by atoms with Crippen molar-refractivity contribution in [2.75, 3.05) is 0 Å². The normalized spacial score (nSPS) is 10.4. The van der Waals surface area contributed by atoms with Gasteiger partial charge in [-0.3, -0.25) is 4.98 Å². The lowest BCUT2D eigenvalue weighted by molar-refractivity contribution is 0.480. The summed E-state index contributed by atoms with van der Waals surface area (Å²) in [6, 6.07) is 7.17. The first-order chi connectivity index (χ1) is 5.79. The van der Waals surface area contributed by atoms with Gasteiger partial charge in [0.05, 0.1) is 5.02 Å². The fourth-order valence-corrected chi connectivity index (χ4v) is 1.26. The third kappa shape index (κ3) is 1.01. The lowest BCUT2D eigenvalue weighted by Crippen LogP contribution is -1.78. The van der Waals surface area contributed by atoms with Gasteiger partial charge in [0.15, 0.2) is 5.75 Å². The molecule has 2 nitrogen and oxygen atoms in total. The largest absolute Gasteiger partial charge is 0.504 e. The standard InChI is InChI=1S/C9H6ClNO/c10-7-4-3-6-2-1-5-11-8(6)9(7)12/h1-5,12H. The van der Waals surface area contributed by atoms with E-state index >= 15 is 0 Å². The van der Waals surface area contributed by atoms with E-state index in [0.29, 0.717) is 10.5 Å². The summed E-state index contributed by atoms with van der Waals surface area (Å²) in [6.45, 7) is 0.